The number of amides is 1. The van der Waals surface area contributed by atoms with Crippen LogP contribution in [-0.2, 0) is 4.79 Å². The van der Waals surface area contributed by atoms with Crippen LogP contribution in [0.5, 0.6) is 5.75 Å². The number of aryl methyl sites for hydroxylation is 1. The van der Waals surface area contributed by atoms with Gasteiger partial charge < -0.3 is 10.0 Å². The summed E-state index contributed by atoms with van der Waals surface area (Å²) in [5, 5.41) is 9.96. The zero-order chi connectivity index (χ0) is 11.9. The molecule has 1 aromatic carbocycles. The van der Waals surface area contributed by atoms with E-state index >= 15 is 0 Å². The summed E-state index contributed by atoms with van der Waals surface area (Å²) >= 11 is 9.44. The van der Waals surface area contributed by atoms with E-state index in [1.165, 1.54) is 0 Å². The van der Waals surface area contributed by atoms with Gasteiger partial charge in [-0.2, -0.15) is 0 Å². The predicted molar refractivity (Wildman–Crippen MR) is 67.5 cm³/mol. The number of rotatable bonds is 1. The van der Waals surface area contributed by atoms with Gasteiger partial charge in [0.05, 0.1) is 5.69 Å². The Bertz CT molecular complexity index is 450. The Balaban J connectivity index is 2.42. The molecule has 1 saturated heterocycles. The van der Waals surface area contributed by atoms with Crippen molar-refractivity contribution in [1.82, 2.24) is 0 Å². The Hall–Kier alpha value is -0.740. The van der Waals surface area contributed by atoms with Crippen molar-refractivity contribution >= 4 is 39.1 Å². The number of hydrogen-bond acceptors (Lipinski definition) is 2. The minimum absolute atomic E-state index is 0.0204. The molecule has 1 heterocycles. The molecule has 0 radical (unpaired) electrons. The molecule has 1 fully saturated rings. The number of carbonyl (C=O) groups excluding carboxylic acids is 1. The van der Waals surface area contributed by atoms with Crippen LogP contribution >= 0.6 is 27.5 Å². The van der Waals surface area contributed by atoms with Gasteiger partial charge in [-0.1, -0.05) is 33.6 Å². The lowest BCUT2D eigenvalue weighted by Gasteiger charge is -2.18. The normalized spacial score (nSPS) is 20.6. The van der Waals surface area contributed by atoms with Crippen LogP contribution in [0, 0.1) is 6.92 Å². The zero-order valence-electron chi connectivity index (χ0n) is 8.70. The van der Waals surface area contributed by atoms with Gasteiger partial charge in [-0.3, -0.25) is 4.79 Å². The van der Waals surface area contributed by atoms with Crippen molar-refractivity contribution in [1.29, 1.82) is 0 Å². The molecule has 2 rings (SSSR count). The Morgan fingerprint density at radius 1 is 1.56 bits per heavy atom. The van der Waals surface area contributed by atoms with Gasteiger partial charge in [-0.25, -0.2) is 0 Å². The molecule has 1 atom stereocenters. The summed E-state index contributed by atoms with van der Waals surface area (Å²) in [6.07, 6.45) is 0.463. The van der Waals surface area contributed by atoms with Gasteiger partial charge in [0.15, 0.2) is 0 Å². The largest absolute Gasteiger partial charge is 0.506 e. The smallest absolute Gasteiger partial charge is 0.228 e. The lowest BCUT2D eigenvalue weighted by atomic mass is 10.2. The van der Waals surface area contributed by atoms with Gasteiger partial charge in [0.1, 0.15) is 10.8 Å². The van der Waals surface area contributed by atoms with Gasteiger partial charge in [-0.05, 0) is 18.6 Å². The Morgan fingerprint density at radius 2 is 2.25 bits per heavy atom. The standard InChI is InChI=1S/C11H11BrClNO2/c1-6-2-3-8(10(13)11(6)16)14-5-7(12)4-9(14)15/h2-3,7,16H,4-5H2,1H3. The fraction of sp³-hybridized carbons (Fsp3) is 0.364. The average Bonchev–Trinajstić information content (AvgIpc) is 2.55. The van der Waals surface area contributed by atoms with Crippen molar-refractivity contribution < 1.29 is 9.90 Å². The molecule has 3 nitrogen and oxygen atoms in total. The Labute approximate surface area is 107 Å². The van der Waals surface area contributed by atoms with E-state index in [1.54, 1.807) is 24.0 Å². The highest BCUT2D eigenvalue weighted by molar-refractivity contribution is 9.09. The number of phenolic OH excluding ortho intramolecular Hbond substituents is 1. The second kappa shape index (κ2) is 4.26. The molecule has 1 aliphatic rings. The first kappa shape index (κ1) is 11.7. The molecule has 1 N–H and O–H groups in total. The number of phenols is 1. The summed E-state index contributed by atoms with van der Waals surface area (Å²) in [4.78, 5) is 13.4. The van der Waals surface area contributed by atoms with E-state index in [0.717, 1.165) is 0 Å². The molecule has 0 saturated carbocycles. The van der Waals surface area contributed by atoms with Gasteiger partial charge in [-0.15, -0.1) is 0 Å². The van der Waals surface area contributed by atoms with Crippen LogP contribution in [0.15, 0.2) is 12.1 Å². The monoisotopic (exact) mass is 303 g/mol. The van der Waals surface area contributed by atoms with E-state index in [-0.39, 0.29) is 21.5 Å². The molecule has 0 aromatic heterocycles. The third-order valence-corrected chi connectivity index (χ3v) is 3.65. The fourth-order valence-corrected chi connectivity index (χ4v) is 2.64. The fourth-order valence-electron chi connectivity index (χ4n) is 1.76. The molecule has 0 bridgehead atoms. The molecular weight excluding hydrogens is 293 g/mol. The summed E-state index contributed by atoms with van der Waals surface area (Å²) in [6, 6.07) is 3.52. The number of benzene rings is 1. The van der Waals surface area contributed by atoms with E-state index in [0.29, 0.717) is 24.2 Å². The number of anilines is 1. The Kier molecular flexibility index (Phi) is 3.13. The number of alkyl halides is 1. The molecule has 0 aliphatic carbocycles. The summed E-state index contributed by atoms with van der Waals surface area (Å²) in [5.74, 6) is 0.0667. The number of carbonyl (C=O) groups is 1. The van der Waals surface area contributed by atoms with Gasteiger partial charge >= 0.3 is 0 Å². The minimum atomic E-state index is 0.0204. The highest BCUT2D eigenvalue weighted by Crippen LogP contribution is 2.38. The first-order valence-corrected chi connectivity index (χ1v) is 6.22. The maximum Gasteiger partial charge on any atom is 0.228 e. The predicted octanol–water partition coefficient (Wildman–Crippen LogP) is 2.85. The number of aromatic hydroxyl groups is 1. The van der Waals surface area contributed by atoms with Crippen molar-refractivity contribution in [3.8, 4) is 5.75 Å². The van der Waals surface area contributed by atoms with Crippen molar-refractivity contribution in [2.24, 2.45) is 0 Å². The van der Waals surface area contributed by atoms with Gasteiger partial charge in [0.2, 0.25) is 5.91 Å². The van der Waals surface area contributed by atoms with Crippen LogP contribution in [-0.4, -0.2) is 22.4 Å². The molecule has 1 aliphatic heterocycles. The lowest BCUT2D eigenvalue weighted by Crippen LogP contribution is -2.24. The average molecular weight is 305 g/mol. The maximum absolute atomic E-state index is 11.7. The number of hydrogen-bond donors (Lipinski definition) is 1. The van der Waals surface area contributed by atoms with Gasteiger partial charge in [0, 0.05) is 17.8 Å². The molecule has 1 unspecified atom stereocenters. The molecule has 5 heteroatoms. The van der Waals surface area contributed by atoms with Crippen molar-refractivity contribution in [2.75, 3.05) is 11.4 Å². The second-order valence-electron chi connectivity index (χ2n) is 3.87. The van der Waals surface area contributed by atoms with E-state index in [4.69, 9.17) is 11.6 Å². The van der Waals surface area contributed by atoms with Crippen LogP contribution < -0.4 is 4.90 Å². The zero-order valence-corrected chi connectivity index (χ0v) is 11.0. The minimum Gasteiger partial charge on any atom is -0.506 e. The summed E-state index contributed by atoms with van der Waals surface area (Å²) in [6.45, 7) is 2.35. The number of halogens is 2. The van der Waals surface area contributed by atoms with E-state index in [1.807, 2.05) is 0 Å². The molecule has 1 amide bonds. The Morgan fingerprint density at radius 3 is 2.81 bits per heavy atom. The van der Waals surface area contributed by atoms with Crippen molar-refractivity contribution in [3.05, 3.63) is 22.7 Å². The van der Waals surface area contributed by atoms with Crippen molar-refractivity contribution in [3.63, 3.8) is 0 Å². The summed E-state index contributed by atoms with van der Waals surface area (Å²) in [7, 11) is 0. The maximum atomic E-state index is 11.7. The van der Waals surface area contributed by atoms with Crippen LogP contribution in [0.3, 0.4) is 0 Å². The molecule has 1 aromatic rings. The van der Waals surface area contributed by atoms with E-state index in [2.05, 4.69) is 15.9 Å². The first-order valence-electron chi connectivity index (χ1n) is 4.93. The SMILES string of the molecule is Cc1ccc(N2CC(Br)CC2=O)c(Cl)c1O. The molecular formula is C11H11BrClNO2. The topological polar surface area (TPSA) is 40.5 Å². The van der Waals surface area contributed by atoms with Crippen LogP contribution in [0.2, 0.25) is 5.02 Å². The number of nitrogens with zero attached hydrogens (tertiary/aromatic N) is 1. The van der Waals surface area contributed by atoms with Crippen LogP contribution in [0.4, 0.5) is 5.69 Å². The molecule has 0 spiro atoms. The second-order valence-corrected chi connectivity index (χ2v) is 5.54. The lowest BCUT2D eigenvalue weighted by molar-refractivity contribution is -0.117. The third kappa shape index (κ3) is 1.92. The summed E-state index contributed by atoms with van der Waals surface area (Å²) < 4.78 is 0. The highest BCUT2D eigenvalue weighted by Gasteiger charge is 2.30. The van der Waals surface area contributed by atoms with Crippen LogP contribution in [0.25, 0.3) is 0 Å². The third-order valence-electron chi connectivity index (χ3n) is 2.67. The van der Waals surface area contributed by atoms with Crippen molar-refractivity contribution in [2.45, 2.75) is 18.2 Å². The highest BCUT2D eigenvalue weighted by atomic mass is 79.9. The van der Waals surface area contributed by atoms with Crippen LogP contribution in [0.1, 0.15) is 12.0 Å². The van der Waals surface area contributed by atoms with E-state index in [9.17, 15) is 9.90 Å². The van der Waals surface area contributed by atoms with E-state index < -0.39 is 0 Å². The first-order chi connectivity index (χ1) is 7.50. The molecule has 86 valence electrons. The quantitative estimate of drug-likeness (QED) is 0.811. The van der Waals surface area contributed by atoms with Gasteiger partial charge in [0.25, 0.3) is 0 Å². The molecule has 16 heavy (non-hydrogen) atoms. The summed E-state index contributed by atoms with van der Waals surface area (Å²) in [5.41, 5.74) is 1.28.